The molecule has 0 fully saturated rings. The van der Waals surface area contributed by atoms with Gasteiger partial charge in [0.25, 0.3) is 0 Å². The summed E-state index contributed by atoms with van der Waals surface area (Å²) >= 11 is 0. The van der Waals surface area contributed by atoms with Crippen molar-refractivity contribution in [3.8, 4) is 0 Å². The zero-order valence-corrected chi connectivity index (χ0v) is 11.1. The highest BCUT2D eigenvalue weighted by Gasteiger charge is 2.27. The van der Waals surface area contributed by atoms with E-state index < -0.39 is 17.9 Å². The fraction of sp³-hybridized carbons (Fsp3) is 0.750. The summed E-state index contributed by atoms with van der Waals surface area (Å²) in [6, 6.07) is 0. The van der Waals surface area contributed by atoms with E-state index in [1.807, 2.05) is 0 Å². The largest absolute Gasteiger partial charge is 0.469 e. The first-order valence-corrected chi connectivity index (χ1v) is 5.79. The first-order valence-electron chi connectivity index (χ1n) is 5.79. The lowest BCUT2D eigenvalue weighted by Gasteiger charge is -2.11. The van der Waals surface area contributed by atoms with Gasteiger partial charge in [0.1, 0.15) is 0 Å². The van der Waals surface area contributed by atoms with Crippen LogP contribution in [0.15, 0.2) is 0 Å². The highest BCUT2D eigenvalue weighted by Crippen LogP contribution is 2.14. The molecule has 0 N–H and O–H groups in total. The third kappa shape index (κ3) is 6.22. The van der Waals surface area contributed by atoms with E-state index in [0.717, 1.165) is 6.42 Å². The molecule has 0 amide bonds. The maximum absolute atomic E-state index is 11.3. The van der Waals surface area contributed by atoms with Gasteiger partial charge in [-0.1, -0.05) is 12.8 Å². The number of hydrogen-bond acceptors (Lipinski definition) is 6. The van der Waals surface area contributed by atoms with Crippen LogP contribution >= 0.6 is 0 Å². The van der Waals surface area contributed by atoms with E-state index in [9.17, 15) is 14.4 Å². The van der Waals surface area contributed by atoms with Crippen LogP contribution in [-0.4, -0.2) is 39.2 Å². The predicted octanol–water partition coefficient (Wildman–Crippen LogP) is 1.07. The van der Waals surface area contributed by atoms with Crippen molar-refractivity contribution in [1.29, 1.82) is 0 Å². The van der Waals surface area contributed by atoms with Crippen LogP contribution in [0.5, 0.6) is 0 Å². The normalized spacial score (nSPS) is 10.0. The van der Waals surface area contributed by atoms with Crippen LogP contribution in [0.1, 0.15) is 32.1 Å². The van der Waals surface area contributed by atoms with Gasteiger partial charge in [0.15, 0.2) is 5.92 Å². The Morgan fingerprint density at radius 2 is 1.39 bits per heavy atom. The van der Waals surface area contributed by atoms with E-state index in [0.29, 0.717) is 25.7 Å². The SMILES string of the molecule is COC(=O)CCCCCC(C(=O)OC)C(=O)OC. The lowest BCUT2D eigenvalue weighted by Crippen LogP contribution is -2.26. The van der Waals surface area contributed by atoms with Gasteiger partial charge in [-0.25, -0.2) is 0 Å². The number of hydrogen-bond donors (Lipinski definition) is 0. The molecule has 0 aromatic heterocycles. The van der Waals surface area contributed by atoms with Crippen LogP contribution in [0.3, 0.4) is 0 Å². The van der Waals surface area contributed by atoms with Crippen molar-refractivity contribution in [3.63, 3.8) is 0 Å². The Bertz CT molecular complexity index is 270. The monoisotopic (exact) mass is 260 g/mol. The van der Waals surface area contributed by atoms with Gasteiger partial charge in [-0.15, -0.1) is 0 Å². The lowest BCUT2D eigenvalue weighted by atomic mass is 10.0. The Hall–Kier alpha value is -1.59. The molecule has 18 heavy (non-hydrogen) atoms. The van der Waals surface area contributed by atoms with Crippen molar-refractivity contribution in [1.82, 2.24) is 0 Å². The van der Waals surface area contributed by atoms with Crippen molar-refractivity contribution >= 4 is 17.9 Å². The third-order valence-corrected chi connectivity index (χ3v) is 2.57. The molecule has 6 nitrogen and oxygen atoms in total. The lowest BCUT2D eigenvalue weighted by molar-refractivity contribution is -0.159. The molecule has 0 bridgehead atoms. The summed E-state index contributed by atoms with van der Waals surface area (Å²) in [4.78, 5) is 33.5. The first-order chi connectivity index (χ1) is 8.56. The molecule has 0 aliphatic rings. The highest BCUT2D eigenvalue weighted by atomic mass is 16.5. The summed E-state index contributed by atoms with van der Waals surface area (Å²) in [6.07, 6.45) is 2.76. The average molecular weight is 260 g/mol. The molecule has 0 rings (SSSR count). The van der Waals surface area contributed by atoms with Crippen molar-refractivity contribution < 1.29 is 28.6 Å². The number of esters is 3. The molecule has 0 spiro atoms. The third-order valence-electron chi connectivity index (χ3n) is 2.57. The van der Waals surface area contributed by atoms with Crippen LogP contribution in [-0.2, 0) is 28.6 Å². The Morgan fingerprint density at radius 1 is 0.833 bits per heavy atom. The summed E-state index contributed by atoms with van der Waals surface area (Å²) in [7, 11) is 3.80. The zero-order chi connectivity index (χ0) is 14.0. The maximum atomic E-state index is 11.3. The molecule has 0 aliphatic carbocycles. The van der Waals surface area contributed by atoms with Crippen molar-refractivity contribution in [2.75, 3.05) is 21.3 Å². The fourth-order valence-corrected chi connectivity index (χ4v) is 1.51. The highest BCUT2D eigenvalue weighted by molar-refractivity contribution is 5.94. The van der Waals surface area contributed by atoms with Crippen molar-refractivity contribution in [2.45, 2.75) is 32.1 Å². The van der Waals surface area contributed by atoms with E-state index in [4.69, 9.17) is 0 Å². The number of ether oxygens (including phenoxy) is 3. The van der Waals surface area contributed by atoms with Gasteiger partial charge in [0.2, 0.25) is 0 Å². The van der Waals surface area contributed by atoms with E-state index in [2.05, 4.69) is 14.2 Å². The second-order valence-corrected chi connectivity index (χ2v) is 3.77. The van der Waals surface area contributed by atoms with E-state index in [1.165, 1.54) is 21.3 Å². The van der Waals surface area contributed by atoms with Gasteiger partial charge in [-0.3, -0.25) is 14.4 Å². The average Bonchev–Trinajstić information content (AvgIpc) is 2.40. The molecule has 0 aromatic carbocycles. The molecule has 0 radical (unpaired) electrons. The van der Waals surface area contributed by atoms with Crippen molar-refractivity contribution in [2.24, 2.45) is 5.92 Å². The standard InChI is InChI=1S/C12H20O6/c1-16-10(13)8-6-4-5-7-9(11(14)17-2)12(15)18-3/h9H,4-8H2,1-3H3. The minimum atomic E-state index is -0.877. The molecule has 0 atom stereocenters. The summed E-state index contributed by atoms with van der Waals surface area (Å²) in [6.45, 7) is 0. The van der Waals surface area contributed by atoms with Crippen LogP contribution in [0, 0.1) is 5.92 Å². The zero-order valence-electron chi connectivity index (χ0n) is 11.1. The fourth-order valence-electron chi connectivity index (χ4n) is 1.51. The number of methoxy groups -OCH3 is 3. The van der Waals surface area contributed by atoms with Gasteiger partial charge in [-0.2, -0.15) is 0 Å². The van der Waals surface area contributed by atoms with Gasteiger partial charge < -0.3 is 14.2 Å². The van der Waals surface area contributed by atoms with Crippen LogP contribution < -0.4 is 0 Å². The summed E-state index contributed by atoms with van der Waals surface area (Å²) in [5, 5.41) is 0. The maximum Gasteiger partial charge on any atom is 0.320 e. The molecule has 0 saturated heterocycles. The minimum Gasteiger partial charge on any atom is -0.469 e. The van der Waals surface area contributed by atoms with Crippen molar-refractivity contribution in [3.05, 3.63) is 0 Å². The number of rotatable bonds is 8. The number of carbonyl (C=O) groups excluding carboxylic acids is 3. The number of unbranched alkanes of at least 4 members (excludes halogenated alkanes) is 2. The molecule has 0 aromatic rings. The second-order valence-electron chi connectivity index (χ2n) is 3.77. The topological polar surface area (TPSA) is 78.9 Å². The first kappa shape index (κ1) is 16.4. The molecule has 104 valence electrons. The molecule has 0 heterocycles. The summed E-state index contributed by atoms with van der Waals surface area (Å²) in [5.74, 6) is -2.31. The van der Waals surface area contributed by atoms with Gasteiger partial charge >= 0.3 is 17.9 Å². The minimum absolute atomic E-state index is 0.257. The van der Waals surface area contributed by atoms with E-state index in [1.54, 1.807) is 0 Å². The molecule has 0 saturated carbocycles. The Balaban J connectivity index is 3.94. The van der Waals surface area contributed by atoms with Crippen LogP contribution in [0.4, 0.5) is 0 Å². The molecule has 0 unspecified atom stereocenters. The molecule has 6 heteroatoms. The summed E-state index contributed by atoms with van der Waals surface area (Å²) < 4.78 is 13.6. The predicted molar refractivity (Wildman–Crippen MR) is 62.6 cm³/mol. The second kappa shape index (κ2) is 9.44. The molecule has 0 aliphatic heterocycles. The summed E-state index contributed by atoms with van der Waals surface area (Å²) in [5.41, 5.74) is 0. The quantitative estimate of drug-likeness (QED) is 0.281. The number of carbonyl (C=O) groups is 3. The Kier molecular flexibility index (Phi) is 8.61. The molecular formula is C12H20O6. The van der Waals surface area contributed by atoms with Crippen LogP contribution in [0.2, 0.25) is 0 Å². The van der Waals surface area contributed by atoms with Gasteiger partial charge in [-0.05, 0) is 12.8 Å². The van der Waals surface area contributed by atoms with E-state index in [-0.39, 0.29) is 5.97 Å². The Labute approximate surface area is 107 Å². The van der Waals surface area contributed by atoms with Gasteiger partial charge in [0.05, 0.1) is 21.3 Å². The van der Waals surface area contributed by atoms with Crippen LogP contribution in [0.25, 0.3) is 0 Å². The molecular weight excluding hydrogens is 240 g/mol. The van der Waals surface area contributed by atoms with E-state index >= 15 is 0 Å². The smallest absolute Gasteiger partial charge is 0.320 e. The Morgan fingerprint density at radius 3 is 1.83 bits per heavy atom. The van der Waals surface area contributed by atoms with Gasteiger partial charge in [0, 0.05) is 6.42 Å².